The molecule has 1 aliphatic heterocycles. The molecule has 1 aliphatic rings. The van der Waals surface area contributed by atoms with Crippen molar-refractivity contribution < 1.29 is 27.8 Å². The Kier molecular flexibility index (Phi) is 11.7. The molecule has 4 aromatic carbocycles. The van der Waals surface area contributed by atoms with Crippen molar-refractivity contribution in [3.8, 4) is 0 Å². The van der Waals surface area contributed by atoms with E-state index in [1.165, 1.54) is 23.5 Å². The number of carbonyl (C=O) groups excluding carboxylic acids is 1. The molecule has 5 aromatic rings. The van der Waals surface area contributed by atoms with Gasteiger partial charge in [0.15, 0.2) is 10.6 Å². The standard InChI is InChI=1S/C37H38N4O6S3/c1-24-11-17-32(18-12-24)50(44,45)41-33(19-26-7-4-3-5-8-26)35(43)38-30-10-6-9-29(20-30)36-46-31(23-48-37-40-39-25(2)49-37)21-34(47-36)28-15-13-27(22-42)14-16-28/h3-18,20,31,33-34,36,41-42H,19,21-23H2,1-2H3,(H,38,43). The Balaban J connectivity index is 1.21. The van der Waals surface area contributed by atoms with Gasteiger partial charge in [-0.05, 0) is 61.2 Å². The van der Waals surface area contributed by atoms with Gasteiger partial charge in [0.25, 0.3) is 0 Å². The van der Waals surface area contributed by atoms with Gasteiger partial charge in [0.2, 0.25) is 15.9 Å². The summed E-state index contributed by atoms with van der Waals surface area (Å²) in [6, 6.07) is 29.5. The van der Waals surface area contributed by atoms with E-state index >= 15 is 0 Å². The number of thioether (sulfide) groups is 1. The van der Waals surface area contributed by atoms with Crippen LogP contribution >= 0.6 is 23.1 Å². The summed E-state index contributed by atoms with van der Waals surface area (Å²) in [5.41, 5.74) is 4.68. The molecule has 50 heavy (non-hydrogen) atoms. The summed E-state index contributed by atoms with van der Waals surface area (Å²) < 4.78 is 43.2. The summed E-state index contributed by atoms with van der Waals surface area (Å²) in [7, 11) is -4.00. The number of aliphatic hydroxyl groups is 1. The molecule has 4 atom stereocenters. The van der Waals surface area contributed by atoms with Crippen LogP contribution in [-0.4, -0.2) is 47.5 Å². The number of sulfonamides is 1. The van der Waals surface area contributed by atoms with Crippen molar-refractivity contribution in [3.63, 3.8) is 0 Å². The minimum atomic E-state index is -4.00. The van der Waals surface area contributed by atoms with E-state index in [1.807, 2.05) is 74.5 Å². The number of aromatic nitrogens is 2. The Labute approximate surface area is 300 Å². The summed E-state index contributed by atoms with van der Waals surface area (Å²) >= 11 is 3.12. The normalized spacial score (nSPS) is 18.4. The van der Waals surface area contributed by atoms with Crippen molar-refractivity contribution in [1.82, 2.24) is 14.9 Å². The zero-order chi connectivity index (χ0) is 35.1. The number of hydrogen-bond donors (Lipinski definition) is 3. The molecule has 0 bridgehead atoms. The summed E-state index contributed by atoms with van der Waals surface area (Å²) in [4.78, 5) is 13.9. The highest BCUT2D eigenvalue weighted by Crippen LogP contribution is 2.40. The average molecular weight is 731 g/mol. The first-order valence-electron chi connectivity index (χ1n) is 16.1. The van der Waals surface area contributed by atoms with Gasteiger partial charge in [-0.1, -0.05) is 108 Å². The maximum absolute atomic E-state index is 13.8. The predicted octanol–water partition coefficient (Wildman–Crippen LogP) is 6.51. The number of anilines is 1. The summed E-state index contributed by atoms with van der Waals surface area (Å²) in [6.07, 6.45) is -0.456. The van der Waals surface area contributed by atoms with Crippen molar-refractivity contribution in [2.24, 2.45) is 0 Å². The van der Waals surface area contributed by atoms with Crippen LogP contribution in [0.3, 0.4) is 0 Å². The number of hydrogen-bond acceptors (Lipinski definition) is 10. The summed E-state index contributed by atoms with van der Waals surface area (Å²) in [6.45, 7) is 3.75. The molecule has 6 rings (SSSR count). The zero-order valence-corrected chi connectivity index (χ0v) is 30.0. The Bertz CT molecular complexity index is 1990. The number of rotatable bonds is 13. The van der Waals surface area contributed by atoms with Crippen LogP contribution in [0.1, 0.15) is 51.6 Å². The van der Waals surface area contributed by atoms with Gasteiger partial charge in [-0.3, -0.25) is 4.79 Å². The van der Waals surface area contributed by atoms with E-state index in [2.05, 4.69) is 20.2 Å². The molecule has 1 saturated heterocycles. The van der Waals surface area contributed by atoms with E-state index in [9.17, 15) is 18.3 Å². The monoisotopic (exact) mass is 730 g/mol. The number of benzene rings is 4. The topological polar surface area (TPSA) is 140 Å². The molecule has 1 amide bonds. The maximum Gasteiger partial charge on any atom is 0.242 e. The summed E-state index contributed by atoms with van der Waals surface area (Å²) in [5.74, 6) is 0.133. The first-order chi connectivity index (χ1) is 24.1. The van der Waals surface area contributed by atoms with E-state index in [0.29, 0.717) is 23.4 Å². The molecule has 1 aromatic heterocycles. The van der Waals surface area contributed by atoms with Crippen LogP contribution in [0.2, 0.25) is 0 Å². The third-order valence-corrected chi connectivity index (χ3v) is 11.8. The highest BCUT2D eigenvalue weighted by molar-refractivity contribution is 8.01. The number of nitrogens with zero attached hydrogens (tertiary/aromatic N) is 2. The Morgan fingerprint density at radius 1 is 0.920 bits per heavy atom. The van der Waals surface area contributed by atoms with Gasteiger partial charge in [0.1, 0.15) is 11.0 Å². The smallest absolute Gasteiger partial charge is 0.242 e. The first-order valence-corrected chi connectivity index (χ1v) is 19.4. The molecule has 10 nitrogen and oxygen atoms in total. The van der Waals surface area contributed by atoms with E-state index in [4.69, 9.17) is 9.47 Å². The average Bonchev–Trinajstić information content (AvgIpc) is 3.55. The molecule has 2 heterocycles. The fraction of sp³-hybridized carbons (Fsp3) is 0.270. The lowest BCUT2D eigenvalue weighted by Crippen LogP contribution is -2.45. The number of aryl methyl sites for hydroxylation is 2. The number of nitrogens with one attached hydrogen (secondary N) is 2. The number of aliphatic hydroxyl groups excluding tert-OH is 1. The van der Waals surface area contributed by atoms with Crippen LogP contribution in [0.15, 0.2) is 112 Å². The largest absolute Gasteiger partial charge is 0.392 e. The lowest BCUT2D eigenvalue weighted by molar-refractivity contribution is -0.245. The van der Waals surface area contributed by atoms with Gasteiger partial charge in [-0.2, -0.15) is 4.72 Å². The molecule has 1 fully saturated rings. The van der Waals surface area contributed by atoms with Crippen molar-refractivity contribution in [1.29, 1.82) is 0 Å². The minimum Gasteiger partial charge on any atom is -0.392 e. The lowest BCUT2D eigenvalue weighted by Gasteiger charge is -2.36. The van der Waals surface area contributed by atoms with E-state index in [1.54, 1.807) is 42.1 Å². The third kappa shape index (κ3) is 9.43. The first kappa shape index (κ1) is 35.9. The van der Waals surface area contributed by atoms with Crippen molar-refractivity contribution in [2.75, 3.05) is 11.1 Å². The van der Waals surface area contributed by atoms with Crippen LogP contribution in [0.5, 0.6) is 0 Å². The van der Waals surface area contributed by atoms with Crippen LogP contribution < -0.4 is 10.0 Å². The second-order valence-electron chi connectivity index (χ2n) is 12.0. The minimum absolute atomic E-state index is 0.0454. The van der Waals surface area contributed by atoms with Crippen LogP contribution in [0.4, 0.5) is 5.69 Å². The quantitative estimate of drug-likeness (QED) is 0.116. The Morgan fingerprint density at radius 3 is 2.38 bits per heavy atom. The van der Waals surface area contributed by atoms with Gasteiger partial charge >= 0.3 is 0 Å². The van der Waals surface area contributed by atoms with Crippen molar-refractivity contribution >= 4 is 44.7 Å². The SMILES string of the molecule is Cc1ccc(S(=O)(=O)NC(Cc2ccccc2)C(=O)Nc2cccc(C3OC(CSc4nnc(C)s4)CC(c4ccc(CO)cc4)O3)c2)cc1. The van der Waals surface area contributed by atoms with Gasteiger partial charge in [-0.25, -0.2) is 8.42 Å². The fourth-order valence-electron chi connectivity index (χ4n) is 5.53. The zero-order valence-electron chi connectivity index (χ0n) is 27.6. The van der Waals surface area contributed by atoms with E-state index < -0.39 is 28.3 Å². The predicted molar refractivity (Wildman–Crippen MR) is 194 cm³/mol. The summed E-state index contributed by atoms with van der Waals surface area (Å²) in [5, 5.41) is 21.7. The molecule has 0 radical (unpaired) electrons. The molecule has 260 valence electrons. The third-order valence-electron chi connectivity index (χ3n) is 8.17. The second kappa shape index (κ2) is 16.4. The highest BCUT2D eigenvalue weighted by Gasteiger charge is 2.33. The van der Waals surface area contributed by atoms with Gasteiger partial charge < -0.3 is 19.9 Å². The van der Waals surface area contributed by atoms with Gasteiger partial charge in [0.05, 0.1) is 23.7 Å². The molecule has 13 heteroatoms. The van der Waals surface area contributed by atoms with Crippen LogP contribution in [-0.2, 0) is 37.3 Å². The van der Waals surface area contributed by atoms with E-state index in [0.717, 1.165) is 31.6 Å². The molecule has 4 unspecified atom stereocenters. The lowest BCUT2D eigenvalue weighted by atomic mass is 10.0. The molecule has 0 aliphatic carbocycles. The van der Waals surface area contributed by atoms with Gasteiger partial charge in [0, 0.05) is 23.4 Å². The molecular weight excluding hydrogens is 693 g/mol. The molecule has 3 N–H and O–H groups in total. The van der Waals surface area contributed by atoms with Crippen molar-refractivity contribution in [3.05, 3.63) is 136 Å². The number of ether oxygens (including phenoxy) is 2. The second-order valence-corrected chi connectivity index (χ2v) is 16.2. The maximum atomic E-state index is 13.8. The highest BCUT2D eigenvalue weighted by atomic mass is 32.2. The van der Waals surface area contributed by atoms with E-state index in [-0.39, 0.29) is 30.1 Å². The molecule has 0 spiro atoms. The molecule has 0 saturated carbocycles. The molecular formula is C37H38N4O6S3. The van der Waals surface area contributed by atoms with Crippen molar-refractivity contribution in [2.45, 2.75) is 67.1 Å². The number of carbonyl (C=O) groups is 1. The number of amides is 1. The Hall–Kier alpha value is -3.95. The Morgan fingerprint density at radius 2 is 1.68 bits per heavy atom. The van der Waals surface area contributed by atoms with Gasteiger partial charge in [-0.15, -0.1) is 10.2 Å². The fourth-order valence-corrected chi connectivity index (χ4v) is 8.58. The van der Waals surface area contributed by atoms with Crippen LogP contribution in [0.25, 0.3) is 0 Å². The van der Waals surface area contributed by atoms with Crippen LogP contribution in [0, 0.1) is 13.8 Å².